The van der Waals surface area contributed by atoms with Crippen LogP contribution in [0, 0.1) is 12.3 Å². The molecule has 2 nitrogen and oxygen atoms in total. The van der Waals surface area contributed by atoms with Crippen molar-refractivity contribution in [3.8, 4) is 12.3 Å². The molecule has 3 heteroatoms. The van der Waals surface area contributed by atoms with Gasteiger partial charge in [-0.05, 0) is 19.5 Å². The van der Waals surface area contributed by atoms with E-state index in [9.17, 15) is 0 Å². The summed E-state index contributed by atoms with van der Waals surface area (Å²) in [7, 11) is -2.09. The van der Waals surface area contributed by atoms with Crippen LogP contribution in [0.4, 0.5) is 0 Å². The summed E-state index contributed by atoms with van der Waals surface area (Å²) >= 11 is 0. The van der Waals surface area contributed by atoms with Gasteiger partial charge < -0.3 is 8.85 Å². The van der Waals surface area contributed by atoms with E-state index in [-0.39, 0.29) is 0 Å². The highest BCUT2D eigenvalue weighted by molar-refractivity contribution is 6.64. The summed E-state index contributed by atoms with van der Waals surface area (Å²) in [5.41, 5.74) is 0. The van der Waals surface area contributed by atoms with E-state index in [1.54, 1.807) is 0 Å². The minimum atomic E-state index is -2.09. The SMILES string of the molecule is C#CCO[Si](C)(C)OC(=C)CCCCC. The molecule has 0 saturated carbocycles. The van der Waals surface area contributed by atoms with E-state index >= 15 is 0 Å². The molecule has 0 amide bonds. The molecule has 0 heterocycles. The van der Waals surface area contributed by atoms with Gasteiger partial charge in [-0.2, -0.15) is 0 Å². The van der Waals surface area contributed by atoms with Crippen molar-refractivity contribution < 1.29 is 8.85 Å². The molecule has 0 aromatic carbocycles. The van der Waals surface area contributed by atoms with Gasteiger partial charge in [0.05, 0.1) is 12.4 Å². The number of rotatable bonds is 8. The topological polar surface area (TPSA) is 18.5 Å². The monoisotopic (exact) mass is 226 g/mol. The zero-order valence-electron chi connectivity index (χ0n) is 10.1. The predicted molar refractivity (Wildman–Crippen MR) is 66.6 cm³/mol. The number of terminal acetylenes is 1. The molecule has 0 aromatic rings. The summed E-state index contributed by atoms with van der Waals surface area (Å²) in [5.74, 6) is 3.28. The summed E-state index contributed by atoms with van der Waals surface area (Å²) in [6.45, 7) is 10.4. The molecule has 0 aliphatic rings. The van der Waals surface area contributed by atoms with E-state index in [0.29, 0.717) is 6.61 Å². The Hall–Kier alpha value is -0.723. The van der Waals surface area contributed by atoms with E-state index in [2.05, 4.69) is 19.4 Å². The van der Waals surface area contributed by atoms with Gasteiger partial charge in [0.15, 0.2) is 0 Å². The van der Waals surface area contributed by atoms with Crippen molar-refractivity contribution >= 4 is 8.56 Å². The molecule has 0 bridgehead atoms. The maximum absolute atomic E-state index is 5.71. The molecule has 0 aliphatic heterocycles. The van der Waals surface area contributed by atoms with Crippen molar-refractivity contribution in [1.82, 2.24) is 0 Å². The van der Waals surface area contributed by atoms with Gasteiger partial charge in [0, 0.05) is 6.42 Å². The fourth-order valence-electron chi connectivity index (χ4n) is 1.22. The molecule has 0 saturated heterocycles. The lowest BCUT2D eigenvalue weighted by Crippen LogP contribution is -2.34. The Labute approximate surface area is 94.9 Å². The Balaban J connectivity index is 3.78. The van der Waals surface area contributed by atoms with Gasteiger partial charge in [-0.3, -0.25) is 0 Å². The molecule has 0 radical (unpaired) electrons. The number of allylic oxidation sites excluding steroid dienone is 1. The van der Waals surface area contributed by atoms with Crippen LogP contribution in [0.5, 0.6) is 0 Å². The molecular weight excluding hydrogens is 204 g/mol. The van der Waals surface area contributed by atoms with Crippen molar-refractivity contribution in [2.24, 2.45) is 0 Å². The number of unbranched alkanes of at least 4 members (excludes halogenated alkanes) is 2. The normalized spacial score (nSPS) is 10.8. The molecule has 86 valence electrons. The summed E-state index contributed by atoms with van der Waals surface area (Å²) in [5, 5.41) is 0. The van der Waals surface area contributed by atoms with Crippen molar-refractivity contribution in [2.45, 2.75) is 45.7 Å². The second-order valence-corrected chi connectivity index (χ2v) is 7.28. The number of hydrogen-bond acceptors (Lipinski definition) is 2. The van der Waals surface area contributed by atoms with Gasteiger partial charge in [0.1, 0.15) is 0 Å². The van der Waals surface area contributed by atoms with Gasteiger partial charge in [-0.15, -0.1) is 6.42 Å². The summed E-state index contributed by atoms with van der Waals surface area (Å²) in [6, 6.07) is 0. The molecule has 0 N–H and O–H groups in total. The highest BCUT2D eigenvalue weighted by Gasteiger charge is 2.26. The molecule has 0 unspecified atom stereocenters. The Kier molecular flexibility index (Phi) is 7.19. The molecule has 0 fully saturated rings. The molecule has 0 rings (SSSR count). The lowest BCUT2D eigenvalue weighted by Gasteiger charge is -2.24. The maximum Gasteiger partial charge on any atom is 0.392 e. The zero-order valence-corrected chi connectivity index (χ0v) is 11.1. The van der Waals surface area contributed by atoms with Crippen LogP contribution in [-0.2, 0) is 8.85 Å². The van der Waals surface area contributed by atoms with Crippen molar-refractivity contribution in [3.05, 3.63) is 12.3 Å². The largest absolute Gasteiger partial charge is 0.525 e. The van der Waals surface area contributed by atoms with E-state index in [1.807, 2.05) is 13.1 Å². The van der Waals surface area contributed by atoms with E-state index in [1.165, 1.54) is 12.8 Å². The first-order valence-corrected chi connectivity index (χ1v) is 8.27. The lowest BCUT2D eigenvalue weighted by molar-refractivity contribution is 0.238. The number of hydrogen-bond donors (Lipinski definition) is 0. The van der Waals surface area contributed by atoms with Crippen LogP contribution < -0.4 is 0 Å². The quantitative estimate of drug-likeness (QED) is 0.273. The van der Waals surface area contributed by atoms with Gasteiger partial charge >= 0.3 is 8.56 Å². The smallest absolute Gasteiger partial charge is 0.392 e. The van der Waals surface area contributed by atoms with Crippen LogP contribution in [0.25, 0.3) is 0 Å². The van der Waals surface area contributed by atoms with Gasteiger partial charge in [0.2, 0.25) is 0 Å². The summed E-state index contributed by atoms with van der Waals surface area (Å²) < 4.78 is 11.2. The van der Waals surface area contributed by atoms with E-state index in [0.717, 1.165) is 18.6 Å². The first-order chi connectivity index (χ1) is 7.02. The lowest BCUT2D eigenvalue weighted by atomic mass is 10.2. The van der Waals surface area contributed by atoms with Gasteiger partial charge in [-0.25, -0.2) is 0 Å². The predicted octanol–water partition coefficient (Wildman–Crippen LogP) is 3.45. The molecule has 0 atom stereocenters. The van der Waals surface area contributed by atoms with E-state index in [4.69, 9.17) is 15.3 Å². The third-order valence-electron chi connectivity index (χ3n) is 1.95. The van der Waals surface area contributed by atoms with Crippen LogP contribution in [0.1, 0.15) is 32.6 Å². The van der Waals surface area contributed by atoms with Crippen LogP contribution in [0.3, 0.4) is 0 Å². The Bertz CT molecular complexity index is 228. The minimum absolute atomic E-state index is 0.321. The van der Waals surface area contributed by atoms with Crippen molar-refractivity contribution in [1.29, 1.82) is 0 Å². The highest BCUT2D eigenvalue weighted by atomic mass is 28.4. The maximum atomic E-state index is 5.71. The van der Waals surface area contributed by atoms with Gasteiger partial charge in [0.25, 0.3) is 0 Å². The van der Waals surface area contributed by atoms with Crippen molar-refractivity contribution in [3.63, 3.8) is 0 Å². The average Bonchev–Trinajstić information content (AvgIpc) is 2.14. The first kappa shape index (κ1) is 14.3. The fourth-order valence-corrected chi connectivity index (χ4v) is 2.50. The van der Waals surface area contributed by atoms with Crippen LogP contribution >= 0.6 is 0 Å². The second-order valence-electron chi connectivity index (χ2n) is 3.99. The average molecular weight is 226 g/mol. The highest BCUT2D eigenvalue weighted by Crippen LogP contribution is 2.15. The summed E-state index contributed by atoms with van der Waals surface area (Å²) in [6.07, 6.45) is 9.62. The Morgan fingerprint density at radius 1 is 1.40 bits per heavy atom. The minimum Gasteiger partial charge on any atom is -0.525 e. The van der Waals surface area contributed by atoms with Crippen LogP contribution in [-0.4, -0.2) is 15.2 Å². The van der Waals surface area contributed by atoms with E-state index < -0.39 is 8.56 Å². The second kappa shape index (κ2) is 7.55. The molecule has 0 spiro atoms. The first-order valence-electron chi connectivity index (χ1n) is 5.46. The molecule has 15 heavy (non-hydrogen) atoms. The fraction of sp³-hybridized carbons (Fsp3) is 0.667. The third kappa shape index (κ3) is 8.28. The molecule has 0 aromatic heterocycles. The zero-order chi connectivity index (χ0) is 11.7. The summed E-state index contributed by atoms with van der Waals surface area (Å²) in [4.78, 5) is 0. The standard InChI is InChI=1S/C12H22O2Si/c1-6-8-9-10-12(3)14-15(4,5)13-11-7-2/h2H,3,6,8-11H2,1,4-5H3. The third-order valence-corrected chi connectivity index (χ3v) is 3.57. The van der Waals surface area contributed by atoms with Crippen LogP contribution in [0.2, 0.25) is 13.1 Å². The Morgan fingerprint density at radius 2 is 2.07 bits per heavy atom. The molecule has 0 aliphatic carbocycles. The van der Waals surface area contributed by atoms with Gasteiger partial charge in [-0.1, -0.05) is 32.3 Å². The molecular formula is C12H22O2Si. The Morgan fingerprint density at radius 3 is 2.60 bits per heavy atom. The van der Waals surface area contributed by atoms with Crippen LogP contribution in [0.15, 0.2) is 12.3 Å². The van der Waals surface area contributed by atoms with Crippen molar-refractivity contribution in [2.75, 3.05) is 6.61 Å².